The number of nitrogens with two attached hydrogens (primary N) is 1. The first-order valence-electron chi connectivity index (χ1n) is 9.00. The third-order valence-electron chi connectivity index (χ3n) is 4.25. The molecule has 1 aromatic carbocycles. The van der Waals surface area contributed by atoms with E-state index < -0.39 is 23.9 Å². The maximum atomic E-state index is 12.9. The number of rotatable bonds is 8. The lowest BCUT2D eigenvalue weighted by Crippen LogP contribution is -2.44. The summed E-state index contributed by atoms with van der Waals surface area (Å²) in [6.07, 6.45) is -2.38. The van der Waals surface area contributed by atoms with Crippen LogP contribution in [-0.2, 0) is 20.7 Å². The van der Waals surface area contributed by atoms with Crippen molar-refractivity contribution in [2.75, 3.05) is 13.6 Å². The number of amides is 1. The average molecular weight is 384 g/mol. The number of likely N-dealkylation sites (N-methyl/N-ethyl adjacent to an activating group) is 1. The highest BCUT2D eigenvalue weighted by atomic mass is 19.3. The minimum atomic E-state index is -2.55. The van der Waals surface area contributed by atoms with Gasteiger partial charge in [0.15, 0.2) is 0 Å². The van der Waals surface area contributed by atoms with Crippen LogP contribution in [0.2, 0.25) is 0 Å². The number of halogens is 2. The van der Waals surface area contributed by atoms with Crippen LogP contribution in [0.3, 0.4) is 0 Å². The molecular weight excluding hydrogens is 354 g/mol. The van der Waals surface area contributed by atoms with Gasteiger partial charge in [0.25, 0.3) is 6.43 Å². The number of hydrogen-bond donors (Lipinski definition) is 1. The van der Waals surface area contributed by atoms with E-state index in [1.807, 2.05) is 6.92 Å². The van der Waals surface area contributed by atoms with Gasteiger partial charge in [0, 0.05) is 25.2 Å². The lowest BCUT2D eigenvalue weighted by molar-refractivity contribution is -0.158. The van der Waals surface area contributed by atoms with E-state index in [9.17, 15) is 18.4 Å². The molecule has 7 heteroatoms. The van der Waals surface area contributed by atoms with Crippen molar-refractivity contribution in [2.45, 2.75) is 58.6 Å². The lowest BCUT2D eigenvalue weighted by Gasteiger charge is -2.29. The molecule has 5 nitrogen and oxygen atoms in total. The summed E-state index contributed by atoms with van der Waals surface area (Å²) in [4.78, 5) is 26.6. The molecule has 0 saturated heterocycles. The Bertz CT molecular complexity index is 627. The quantitative estimate of drug-likeness (QED) is 0.698. The van der Waals surface area contributed by atoms with Crippen molar-refractivity contribution in [3.05, 3.63) is 35.4 Å². The summed E-state index contributed by atoms with van der Waals surface area (Å²) in [6.45, 7) is 7.39. The van der Waals surface area contributed by atoms with E-state index in [1.165, 1.54) is 17.0 Å². The number of alkyl halides is 2. The van der Waals surface area contributed by atoms with Crippen LogP contribution in [0.15, 0.2) is 24.3 Å². The molecule has 0 aliphatic carbocycles. The fourth-order valence-electron chi connectivity index (χ4n) is 2.58. The highest BCUT2D eigenvalue weighted by molar-refractivity contribution is 5.84. The van der Waals surface area contributed by atoms with Crippen LogP contribution in [-0.4, -0.2) is 42.0 Å². The molecule has 1 aromatic rings. The summed E-state index contributed by atoms with van der Waals surface area (Å²) in [5.74, 6) is -1.35. The Morgan fingerprint density at radius 1 is 1.19 bits per heavy atom. The highest BCUT2D eigenvalue weighted by Crippen LogP contribution is 2.22. The van der Waals surface area contributed by atoms with Crippen LogP contribution in [0.25, 0.3) is 0 Å². The number of benzene rings is 1. The number of carbonyl (C=O) groups is 2. The van der Waals surface area contributed by atoms with E-state index in [4.69, 9.17) is 10.5 Å². The maximum absolute atomic E-state index is 12.9. The molecule has 0 spiro atoms. The molecule has 0 aliphatic heterocycles. The monoisotopic (exact) mass is 384 g/mol. The third kappa shape index (κ3) is 7.62. The Hall–Kier alpha value is -2.02. The minimum absolute atomic E-state index is 0.0809. The van der Waals surface area contributed by atoms with Crippen molar-refractivity contribution in [1.29, 1.82) is 0 Å². The standard InChI is InChI=1S/C20H30F2N2O3/c1-13(12-23)24(5)19(26)16(11-17(25)27-20(2,3)4)10-14-6-8-15(9-7-14)18(21)22/h6-9,13,16,18H,10-12,23H2,1-5H3/t13-,16+/m0/s1. The molecule has 0 aromatic heterocycles. The van der Waals surface area contributed by atoms with Gasteiger partial charge in [0.1, 0.15) is 5.60 Å². The first-order chi connectivity index (χ1) is 12.4. The van der Waals surface area contributed by atoms with Crippen molar-refractivity contribution in [3.63, 3.8) is 0 Å². The predicted octanol–water partition coefficient (Wildman–Crippen LogP) is 3.32. The topological polar surface area (TPSA) is 72.6 Å². The molecule has 0 heterocycles. The van der Waals surface area contributed by atoms with E-state index in [0.29, 0.717) is 12.1 Å². The molecule has 0 saturated carbocycles. The molecule has 152 valence electrons. The zero-order valence-corrected chi connectivity index (χ0v) is 16.7. The Morgan fingerprint density at radius 3 is 2.19 bits per heavy atom. The van der Waals surface area contributed by atoms with Crippen LogP contribution >= 0.6 is 0 Å². The van der Waals surface area contributed by atoms with Gasteiger partial charge >= 0.3 is 5.97 Å². The average Bonchev–Trinajstić information content (AvgIpc) is 2.57. The number of nitrogens with zero attached hydrogens (tertiary/aromatic N) is 1. The van der Waals surface area contributed by atoms with Gasteiger partial charge in [-0.1, -0.05) is 24.3 Å². The van der Waals surface area contributed by atoms with E-state index >= 15 is 0 Å². The second-order valence-electron chi connectivity index (χ2n) is 7.77. The summed E-state index contributed by atoms with van der Waals surface area (Å²) in [5, 5.41) is 0. The van der Waals surface area contributed by atoms with Crippen LogP contribution in [0.5, 0.6) is 0 Å². The summed E-state index contributed by atoms with van der Waals surface area (Å²) in [7, 11) is 1.64. The second-order valence-corrected chi connectivity index (χ2v) is 7.77. The Labute approximate surface area is 159 Å². The Morgan fingerprint density at radius 2 is 1.74 bits per heavy atom. The minimum Gasteiger partial charge on any atom is -0.460 e. The molecule has 27 heavy (non-hydrogen) atoms. The molecule has 0 aliphatic rings. The van der Waals surface area contributed by atoms with Crippen molar-refractivity contribution >= 4 is 11.9 Å². The van der Waals surface area contributed by atoms with Gasteiger partial charge < -0.3 is 15.4 Å². The number of hydrogen-bond acceptors (Lipinski definition) is 4. The van der Waals surface area contributed by atoms with Gasteiger partial charge in [-0.15, -0.1) is 0 Å². The molecule has 2 atom stereocenters. The molecular formula is C20H30F2N2O3. The number of ether oxygens (including phenoxy) is 1. The van der Waals surface area contributed by atoms with Gasteiger partial charge in [0.05, 0.1) is 12.3 Å². The van der Waals surface area contributed by atoms with Gasteiger partial charge in [-0.05, 0) is 39.7 Å². The number of esters is 1. The van der Waals surface area contributed by atoms with Crippen LogP contribution in [0, 0.1) is 5.92 Å². The molecule has 2 N–H and O–H groups in total. The third-order valence-corrected chi connectivity index (χ3v) is 4.25. The predicted molar refractivity (Wildman–Crippen MR) is 100 cm³/mol. The van der Waals surface area contributed by atoms with Crippen molar-refractivity contribution in [3.8, 4) is 0 Å². The fraction of sp³-hybridized carbons (Fsp3) is 0.600. The fourth-order valence-corrected chi connectivity index (χ4v) is 2.58. The Kier molecular flexibility index (Phi) is 8.34. The first kappa shape index (κ1) is 23.0. The van der Waals surface area contributed by atoms with Crippen LogP contribution in [0.4, 0.5) is 8.78 Å². The van der Waals surface area contributed by atoms with Crippen molar-refractivity contribution in [2.24, 2.45) is 11.7 Å². The van der Waals surface area contributed by atoms with Gasteiger partial charge in [0.2, 0.25) is 5.91 Å². The van der Waals surface area contributed by atoms with Gasteiger partial charge in [-0.25, -0.2) is 8.78 Å². The van der Waals surface area contributed by atoms with E-state index in [0.717, 1.165) is 0 Å². The maximum Gasteiger partial charge on any atom is 0.307 e. The summed E-state index contributed by atoms with van der Waals surface area (Å²) in [5.41, 5.74) is 5.61. The van der Waals surface area contributed by atoms with Crippen molar-refractivity contribution in [1.82, 2.24) is 4.90 Å². The molecule has 1 amide bonds. The smallest absolute Gasteiger partial charge is 0.307 e. The second kappa shape index (κ2) is 9.78. The van der Waals surface area contributed by atoms with Crippen molar-refractivity contribution < 1.29 is 23.1 Å². The zero-order chi connectivity index (χ0) is 20.8. The summed E-state index contributed by atoms with van der Waals surface area (Å²) >= 11 is 0. The molecule has 1 rings (SSSR count). The van der Waals surface area contributed by atoms with Gasteiger partial charge in [-0.3, -0.25) is 9.59 Å². The molecule has 0 unspecified atom stereocenters. The van der Waals surface area contributed by atoms with E-state index in [2.05, 4.69) is 0 Å². The first-order valence-corrected chi connectivity index (χ1v) is 9.00. The summed E-state index contributed by atoms with van der Waals surface area (Å²) in [6, 6.07) is 5.61. The lowest BCUT2D eigenvalue weighted by atomic mass is 9.93. The van der Waals surface area contributed by atoms with E-state index in [1.54, 1.807) is 40.0 Å². The van der Waals surface area contributed by atoms with Crippen LogP contribution < -0.4 is 5.73 Å². The van der Waals surface area contributed by atoms with E-state index in [-0.39, 0.29) is 30.4 Å². The number of carbonyl (C=O) groups excluding carboxylic acids is 2. The Balaban J connectivity index is 2.98. The van der Waals surface area contributed by atoms with Gasteiger partial charge in [-0.2, -0.15) is 0 Å². The van der Waals surface area contributed by atoms with Crippen LogP contribution in [0.1, 0.15) is 51.7 Å². The molecule has 0 bridgehead atoms. The largest absolute Gasteiger partial charge is 0.460 e. The normalized spacial score (nSPS) is 14.0. The zero-order valence-electron chi connectivity index (χ0n) is 16.7. The SMILES string of the molecule is C[C@@H](CN)N(C)C(=O)[C@@H](CC(=O)OC(C)(C)C)Cc1ccc(C(F)F)cc1. The molecule has 0 fully saturated rings. The summed E-state index contributed by atoms with van der Waals surface area (Å²) < 4.78 is 30.8. The molecule has 0 radical (unpaired) electrons. The highest BCUT2D eigenvalue weighted by Gasteiger charge is 2.29.